The third-order valence-electron chi connectivity index (χ3n) is 2.67. The van der Waals surface area contributed by atoms with Gasteiger partial charge < -0.3 is 14.6 Å². The van der Waals surface area contributed by atoms with Gasteiger partial charge in [-0.3, -0.25) is 0 Å². The van der Waals surface area contributed by atoms with Crippen LogP contribution in [0, 0.1) is 0 Å². The normalized spacial score (nSPS) is 10.1. The molecule has 0 aliphatic rings. The topological polar surface area (TPSA) is 38.7 Å². The highest BCUT2D eigenvalue weighted by Crippen LogP contribution is 2.26. The number of hydrogen-bond acceptors (Lipinski definition) is 3. The molecule has 0 radical (unpaired) electrons. The number of ether oxygens (including phenoxy) is 2. The highest BCUT2D eigenvalue weighted by Gasteiger charge is 2.02. The average Bonchev–Trinajstić information content (AvgIpc) is 2.46. The molecule has 0 heterocycles. The standard InChI is InChI=1S/C15H16O3/c1-17-14-4-2-3-5-15(14)18-11-13-8-6-12(10-16)7-9-13/h2-9,16H,10-11H2,1H3. The Morgan fingerprint density at radius 2 is 1.50 bits per heavy atom. The molecule has 2 aromatic carbocycles. The zero-order chi connectivity index (χ0) is 12.8. The molecule has 0 spiro atoms. The van der Waals surface area contributed by atoms with Crippen LogP contribution in [0.25, 0.3) is 0 Å². The van der Waals surface area contributed by atoms with Gasteiger partial charge in [0.25, 0.3) is 0 Å². The molecular formula is C15H16O3. The van der Waals surface area contributed by atoms with E-state index < -0.39 is 0 Å². The van der Waals surface area contributed by atoms with Crippen molar-refractivity contribution < 1.29 is 14.6 Å². The second-order valence-electron chi connectivity index (χ2n) is 3.91. The summed E-state index contributed by atoms with van der Waals surface area (Å²) in [5.74, 6) is 1.45. The van der Waals surface area contributed by atoms with E-state index in [1.54, 1.807) is 7.11 Å². The second kappa shape index (κ2) is 6.07. The van der Waals surface area contributed by atoms with Gasteiger partial charge in [-0.05, 0) is 23.3 Å². The molecule has 18 heavy (non-hydrogen) atoms. The number of aliphatic hydroxyl groups is 1. The van der Waals surface area contributed by atoms with Crippen molar-refractivity contribution in [2.75, 3.05) is 7.11 Å². The Labute approximate surface area is 107 Å². The van der Waals surface area contributed by atoms with Crippen molar-refractivity contribution >= 4 is 0 Å². The Hall–Kier alpha value is -2.00. The Bertz CT molecular complexity index is 491. The Kier molecular flexibility index (Phi) is 4.20. The largest absolute Gasteiger partial charge is 0.493 e. The first kappa shape index (κ1) is 12.5. The van der Waals surface area contributed by atoms with Gasteiger partial charge in [0.1, 0.15) is 6.61 Å². The van der Waals surface area contributed by atoms with Gasteiger partial charge in [0.05, 0.1) is 13.7 Å². The Morgan fingerprint density at radius 3 is 2.11 bits per heavy atom. The summed E-state index contributed by atoms with van der Waals surface area (Å²) in [7, 11) is 1.62. The summed E-state index contributed by atoms with van der Waals surface area (Å²) >= 11 is 0. The third-order valence-corrected chi connectivity index (χ3v) is 2.67. The first-order valence-corrected chi connectivity index (χ1v) is 5.78. The minimum atomic E-state index is 0.0631. The lowest BCUT2D eigenvalue weighted by atomic mass is 10.1. The summed E-state index contributed by atoms with van der Waals surface area (Å²) in [5, 5.41) is 8.96. The Balaban J connectivity index is 2.02. The second-order valence-corrected chi connectivity index (χ2v) is 3.91. The summed E-state index contributed by atoms with van der Waals surface area (Å²) in [5.41, 5.74) is 1.95. The molecule has 0 unspecified atom stereocenters. The zero-order valence-electron chi connectivity index (χ0n) is 10.3. The van der Waals surface area contributed by atoms with Crippen LogP contribution in [0.3, 0.4) is 0 Å². The highest BCUT2D eigenvalue weighted by atomic mass is 16.5. The number of hydrogen-bond donors (Lipinski definition) is 1. The average molecular weight is 244 g/mol. The number of methoxy groups -OCH3 is 1. The predicted octanol–water partition coefficient (Wildman–Crippen LogP) is 2.77. The molecule has 2 aromatic rings. The van der Waals surface area contributed by atoms with Gasteiger partial charge in [-0.1, -0.05) is 36.4 Å². The number of benzene rings is 2. The van der Waals surface area contributed by atoms with Gasteiger partial charge in [-0.2, -0.15) is 0 Å². The van der Waals surface area contributed by atoms with E-state index in [0.29, 0.717) is 6.61 Å². The maximum Gasteiger partial charge on any atom is 0.161 e. The van der Waals surface area contributed by atoms with Crippen LogP contribution in [-0.4, -0.2) is 12.2 Å². The van der Waals surface area contributed by atoms with E-state index in [1.807, 2.05) is 48.5 Å². The van der Waals surface area contributed by atoms with Gasteiger partial charge in [0, 0.05) is 0 Å². The fourth-order valence-electron chi connectivity index (χ4n) is 1.64. The third kappa shape index (κ3) is 3.02. The van der Waals surface area contributed by atoms with Crippen molar-refractivity contribution in [2.24, 2.45) is 0 Å². The molecule has 1 N–H and O–H groups in total. The van der Waals surface area contributed by atoms with Gasteiger partial charge in [0.2, 0.25) is 0 Å². The fraction of sp³-hybridized carbons (Fsp3) is 0.200. The molecule has 0 fully saturated rings. The van der Waals surface area contributed by atoms with Crippen LogP contribution in [-0.2, 0) is 13.2 Å². The molecule has 2 rings (SSSR count). The maximum atomic E-state index is 8.96. The van der Waals surface area contributed by atoms with Crippen LogP contribution in [0.15, 0.2) is 48.5 Å². The lowest BCUT2D eigenvalue weighted by molar-refractivity contribution is 0.279. The molecule has 0 saturated carbocycles. The molecule has 0 amide bonds. The van der Waals surface area contributed by atoms with E-state index in [1.165, 1.54) is 0 Å². The predicted molar refractivity (Wildman–Crippen MR) is 69.7 cm³/mol. The van der Waals surface area contributed by atoms with Gasteiger partial charge in [-0.25, -0.2) is 0 Å². The van der Waals surface area contributed by atoms with Crippen molar-refractivity contribution in [3.63, 3.8) is 0 Å². The lowest BCUT2D eigenvalue weighted by Gasteiger charge is -2.10. The van der Waals surface area contributed by atoms with E-state index in [9.17, 15) is 0 Å². The molecule has 0 aliphatic heterocycles. The van der Waals surface area contributed by atoms with Crippen LogP contribution >= 0.6 is 0 Å². The minimum absolute atomic E-state index is 0.0631. The van der Waals surface area contributed by atoms with Crippen molar-refractivity contribution in [3.05, 3.63) is 59.7 Å². The van der Waals surface area contributed by atoms with Gasteiger partial charge in [0.15, 0.2) is 11.5 Å². The molecular weight excluding hydrogens is 228 g/mol. The molecule has 0 aliphatic carbocycles. The van der Waals surface area contributed by atoms with Crippen LogP contribution in [0.1, 0.15) is 11.1 Å². The van der Waals surface area contributed by atoms with Crippen LogP contribution in [0.4, 0.5) is 0 Å². The fourth-order valence-corrected chi connectivity index (χ4v) is 1.64. The first-order valence-electron chi connectivity index (χ1n) is 5.78. The molecule has 3 heteroatoms. The van der Waals surface area contributed by atoms with Crippen molar-refractivity contribution in [3.8, 4) is 11.5 Å². The van der Waals surface area contributed by atoms with E-state index in [-0.39, 0.29) is 6.61 Å². The minimum Gasteiger partial charge on any atom is -0.493 e. The molecule has 3 nitrogen and oxygen atoms in total. The summed E-state index contributed by atoms with van der Waals surface area (Å²) in [4.78, 5) is 0. The van der Waals surface area contributed by atoms with Crippen LogP contribution in [0.5, 0.6) is 11.5 Å². The lowest BCUT2D eigenvalue weighted by Crippen LogP contribution is -1.97. The summed E-state index contributed by atoms with van der Waals surface area (Å²) in [6.07, 6.45) is 0. The zero-order valence-corrected chi connectivity index (χ0v) is 10.3. The number of aliphatic hydroxyl groups excluding tert-OH is 1. The van der Waals surface area contributed by atoms with Crippen molar-refractivity contribution in [2.45, 2.75) is 13.2 Å². The van der Waals surface area contributed by atoms with Gasteiger partial charge in [-0.15, -0.1) is 0 Å². The maximum absolute atomic E-state index is 8.96. The molecule has 0 saturated heterocycles. The van der Waals surface area contributed by atoms with Crippen LogP contribution < -0.4 is 9.47 Å². The molecule has 0 aromatic heterocycles. The summed E-state index contributed by atoms with van der Waals surface area (Å²) in [6.45, 7) is 0.541. The van der Waals surface area contributed by atoms with Crippen molar-refractivity contribution in [1.82, 2.24) is 0 Å². The Morgan fingerprint density at radius 1 is 0.889 bits per heavy atom. The monoisotopic (exact) mass is 244 g/mol. The summed E-state index contributed by atoms with van der Waals surface area (Å²) < 4.78 is 10.9. The molecule has 0 bridgehead atoms. The SMILES string of the molecule is COc1ccccc1OCc1ccc(CO)cc1. The van der Waals surface area contributed by atoms with Gasteiger partial charge >= 0.3 is 0 Å². The van der Waals surface area contributed by atoms with E-state index >= 15 is 0 Å². The van der Waals surface area contributed by atoms with Crippen molar-refractivity contribution in [1.29, 1.82) is 0 Å². The highest BCUT2D eigenvalue weighted by molar-refractivity contribution is 5.39. The molecule has 94 valence electrons. The number of para-hydroxylation sites is 2. The van der Waals surface area contributed by atoms with E-state index in [4.69, 9.17) is 14.6 Å². The quantitative estimate of drug-likeness (QED) is 0.879. The smallest absolute Gasteiger partial charge is 0.161 e. The number of rotatable bonds is 5. The van der Waals surface area contributed by atoms with E-state index in [2.05, 4.69) is 0 Å². The first-order chi connectivity index (χ1) is 8.83. The van der Waals surface area contributed by atoms with E-state index in [0.717, 1.165) is 22.6 Å². The molecule has 0 atom stereocenters. The summed E-state index contributed by atoms with van der Waals surface area (Å²) in [6, 6.07) is 15.2. The van der Waals surface area contributed by atoms with Crippen LogP contribution in [0.2, 0.25) is 0 Å².